The molecular formula is C21H17N3O3. The van der Waals surface area contributed by atoms with E-state index in [1.54, 1.807) is 12.1 Å². The maximum absolute atomic E-state index is 12.3. The van der Waals surface area contributed by atoms with Gasteiger partial charge in [-0.15, -0.1) is 0 Å². The SMILES string of the molecule is O=C(NCCNc1cc(=O)oc2ccccc12)c1ccc2ccccc2n1. The third-order valence-corrected chi connectivity index (χ3v) is 4.21. The van der Waals surface area contributed by atoms with E-state index in [1.165, 1.54) is 6.07 Å². The Hall–Kier alpha value is -3.67. The monoisotopic (exact) mass is 359 g/mol. The zero-order valence-electron chi connectivity index (χ0n) is 14.4. The Kier molecular flexibility index (Phi) is 4.53. The van der Waals surface area contributed by atoms with Crippen molar-refractivity contribution in [2.75, 3.05) is 18.4 Å². The van der Waals surface area contributed by atoms with E-state index < -0.39 is 5.63 Å². The van der Waals surface area contributed by atoms with Gasteiger partial charge in [0.2, 0.25) is 0 Å². The molecule has 0 saturated carbocycles. The fourth-order valence-electron chi connectivity index (χ4n) is 2.91. The van der Waals surface area contributed by atoms with Crippen molar-refractivity contribution in [1.29, 1.82) is 0 Å². The van der Waals surface area contributed by atoms with Crippen LogP contribution in [0.2, 0.25) is 0 Å². The molecule has 6 nitrogen and oxygen atoms in total. The van der Waals surface area contributed by atoms with Crippen molar-refractivity contribution in [1.82, 2.24) is 10.3 Å². The van der Waals surface area contributed by atoms with Crippen molar-refractivity contribution in [3.63, 3.8) is 0 Å². The number of hydrogen-bond donors (Lipinski definition) is 2. The molecule has 2 N–H and O–H groups in total. The topological polar surface area (TPSA) is 84.2 Å². The van der Waals surface area contributed by atoms with E-state index in [-0.39, 0.29) is 5.91 Å². The molecule has 2 heterocycles. The van der Waals surface area contributed by atoms with Gasteiger partial charge in [0.15, 0.2) is 0 Å². The molecule has 4 rings (SSSR count). The Morgan fingerprint density at radius 3 is 2.70 bits per heavy atom. The number of rotatable bonds is 5. The number of hydrogen-bond acceptors (Lipinski definition) is 5. The summed E-state index contributed by atoms with van der Waals surface area (Å²) in [4.78, 5) is 28.3. The number of aromatic nitrogens is 1. The van der Waals surface area contributed by atoms with E-state index in [2.05, 4.69) is 15.6 Å². The number of fused-ring (bicyclic) bond motifs is 2. The lowest BCUT2D eigenvalue weighted by molar-refractivity contribution is 0.0950. The first kappa shape index (κ1) is 16.8. The number of nitrogens with one attached hydrogen (secondary N) is 2. The van der Waals surface area contributed by atoms with E-state index in [4.69, 9.17) is 4.42 Å². The fraction of sp³-hybridized carbons (Fsp3) is 0.0952. The summed E-state index contributed by atoms with van der Waals surface area (Å²) in [5.74, 6) is -0.236. The van der Waals surface area contributed by atoms with Gasteiger partial charge < -0.3 is 15.1 Å². The molecule has 0 fully saturated rings. The summed E-state index contributed by atoms with van der Waals surface area (Å²) in [5.41, 5.74) is 1.95. The minimum atomic E-state index is -0.416. The summed E-state index contributed by atoms with van der Waals surface area (Å²) in [6.45, 7) is 0.856. The number of benzene rings is 2. The smallest absolute Gasteiger partial charge is 0.338 e. The van der Waals surface area contributed by atoms with Gasteiger partial charge in [-0.1, -0.05) is 36.4 Å². The molecule has 134 valence electrons. The number of carbonyl (C=O) groups excluding carboxylic acids is 1. The third kappa shape index (κ3) is 3.64. The fourth-order valence-corrected chi connectivity index (χ4v) is 2.91. The highest BCUT2D eigenvalue weighted by molar-refractivity contribution is 5.95. The van der Waals surface area contributed by atoms with E-state index >= 15 is 0 Å². The van der Waals surface area contributed by atoms with Crippen LogP contribution in [0.25, 0.3) is 21.9 Å². The van der Waals surface area contributed by atoms with Gasteiger partial charge >= 0.3 is 5.63 Å². The summed E-state index contributed by atoms with van der Waals surface area (Å²) in [5, 5.41) is 7.81. The molecule has 1 amide bonds. The lowest BCUT2D eigenvalue weighted by atomic mass is 10.2. The molecule has 6 heteroatoms. The van der Waals surface area contributed by atoms with Gasteiger partial charge in [-0.05, 0) is 24.3 Å². The average Bonchev–Trinajstić information content (AvgIpc) is 2.70. The molecular weight excluding hydrogens is 342 g/mol. The molecule has 0 spiro atoms. The highest BCUT2D eigenvalue weighted by atomic mass is 16.4. The second-order valence-electron chi connectivity index (χ2n) is 6.05. The van der Waals surface area contributed by atoms with Gasteiger partial charge in [-0.25, -0.2) is 9.78 Å². The summed E-state index contributed by atoms with van der Waals surface area (Å²) in [6.07, 6.45) is 0. The molecule has 0 aliphatic rings. The van der Waals surface area contributed by atoms with E-state index in [0.29, 0.717) is 30.1 Å². The number of anilines is 1. The Labute approximate surface area is 154 Å². The van der Waals surface area contributed by atoms with Crippen LogP contribution >= 0.6 is 0 Å². The molecule has 0 saturated heterocycles. The van der Waals surface area contributed by atoms with Crippen molar-refractivity contribution < 1.29 is 9.21 Å². The van der Waals surface area contributed by atoms with Crippen LogP contribution in [-0.4, -0.2) is 24.0 Å². The quantitative estimate of drug-likeness (QED) is 0.422. The minimum Gasteiger partial charge on any atom is -0.423 e. The molecule has 0 aliphatic heterocycles. The van der Waals surface area contributed by atoms with Crippen LogP contribution in [0, 0.1) is 0 Å². The van der Waals surface area contributed by atoms with Crippen LogP contribution in [0.5, 0.6) is 0 Å². The van der Waals surface area contributed by atoms with E-state index in [9.17, 15) is 9.59 Å². The van der Waals surface area contributed by atoms with Crippen molar-refractivity contribution in [3.8, 4) is 0 Å². The molecule has 4 aromatic rings. The molecule has 27 heavy (non-hydrogen) atoms. The zero-order chi connectivity index (χ0) is 18.6. The van der Waals surface area contributed by atoms with Crippen LogP contribution in [0.3, 0.4) is 0 Å². The molecule has 2 aromatic carbocycles. The number of carbonyl (C=O) groups is 1. The largest absolute Gasteiger partial charge is 0.423 e. The first-order valence-electron chi connectivity index (χ1n) is 8.61. The molecule has 0 aliphatic carbocycles. The van der Waals surface area contributed by atoms with Crippen LogP contribution in [-0.2, 0) is 0 Å². The lowest BCUT2D eigenvalue weighted by Gasteiger charge is -2.10. The number of pyridine rings is 1. The molecule has 0 bridgehead atoms. The van der Waals surface area contributed by atoms with E-state index in [1.807, 2.05) is 48.5 Å². The van der Waals surface area contributed by atoms with Crippen molar-refractivity contribution in [3.05, 3.63) is 82.8 Å². The van der Waals surface area contributed by atoms with E-state index in [0.717, 1.165) is 16.3 Å². The van der Waals surface area contributed by atoms with Gasteiger partial charge in [0.25, 0.3) is 5.91 Å². The Balaban J connectivity index is 1.40. The predicted octanol–water partition coefficient (Wildman–Crippen LogP) is 3.18. The molecule has 2 aromatic heterocycles. The summed E-state index contributed by atoms with van der Waals surface area (Å²) in [6, 6.07) is 20.0. The predicted molar refractivity (Wildman–Crippen MR) is 105 cm³/mol. The normalized spacial score (nSPS) is 10.8. The van der Waals surface area contributed by atoms with Gasteiger partial charge in [0.05, 0.1) is 11.2 Å². The maximum atomic E-state index is 12.3. The van der Waals surface area contributed by atoms with Crippen LogP contribution < -0.4 is 16.3 Å². The van der Waals surface area contributed by atoms with Crippen LogP contribution in [0.4, 0.5) is 5.69 Å². The van der Waals surface area contributed by atoms with Crippen LogP contribution in [0.1, 0.15) is 10.5 Å². The summed E-state index contributed by atoms with van der Waals surface area (Å²) < 4.78 is 5.17. The van der Waals surface area contributed by atoms with Crippen molar-refractivity contribution in [2.45, 2.75) is 0 Å². The third-order valence-electron chi connectivity index (χ3n) is 4.21. The molecule has 0 atom stereocenters. The van der Waals surface area contributed by atoms with Crippen LogP contribution in [0.15, 0.2) is 75.9 Å². The molecule has 0 unspecified atom stereocenters. The standard InChI is InChI=1S/C21H17N3O3/c25-20-13-18(15-6-2-4-8-19(15)27-20)22-11-12-23-21(26)17-10-9-14-5-1-3-7-16(14)24-17/h1-10,13,22H,11-12H2,(H,23,26). The second-order valence-corrected chi connectivity index (χ2v) is 6.05. The Bertz CT molecular complexity index is 1180. The number of nitrogens with zero attached hydrogens (tertiary/aromatic N) is 1. The number of para-hydroxylation sites is 2. The first-order valence-corrected chi connectivity index (χ1v) is 8.61. The van der Waals surface area contributed by atoms with Gasteiger partial charge in [0, 0.05) is 29.9 Å². The van der Waals surface area contributed by atoms with Crippen molar-refractivity contribution >= 4 is 33.5 Å². The maximum Gasteiger partial charge on any atom is 0.338 e. The zero-order valence-corrected chi connectivity index (χ0v) is 14.4. The Morgan fingerprint density at radius 1 is 0.963 bits per heavy atom. The van der Waals surface area contributed by atoms with Gasteiger partial charge in [0.1, 0.15) is 11.3 Å². The average molecular weight is 359 g/mol. The summed E-state index contributed by atoms with van der Waals surface area (Å²) >= 11 is 0. The van der Waals surface area contributed by atoms with Gasteiger partial charge in [-0.3, -0.25) is 4.79 Å². The first-order chi connectivity index (χ1) is 13.2. The minimum absolute atomic E-state index is 0.236. The number of amides is 1. The highest BCUT2D eigenvalue weighted by Gasteiger charge is 2.08. The van der Waals surface area contributed by atoms with Gasteiger partial charge in [-0.2, -0.15) is 0 Å². The summed E-state index contributed by atoms with van der Waals surface area (Å²) in [7, 11) is 0. The second kappa shape index (κ2) is 7.29. The highest BCUT2D eigenvalue weighted by Crippen LogP contribution is 2.20. The Morgan fingerprint density at radius 2 is 1.78 bits per heavy atom. The van der Waals surface area contributed by atoms with Crippen molar-refractivity contribution in [2.24, 2.45) is 0 Å². The lowest BCUT2D eigenvalue weighted by Crippen LogP contribution is -2.29. The molecule has 0 radical (unpaired) electrons.